The highest BCUT2D eigenvalue weighted by atomic mass is 32.1. The number of thiophene rings is 1. The topological polar surface area (TPSA) is 99.2 Å². The Kier molecular flexibility index (Phi) is 6.19. The fraction of sp³-hybridized carbons (Fsp3) is 0.238. The Hall–Kier alpha value is -3.46. The molecule has 0 bridgehead atoms. The van der Waals surface area contributed by atoms with Crippen LogP contribution in [-0.2, 0) is 0 Å². The molecule has 1 saturated heterocycles. The number of benzene rings is 1. The van der Waals surface area contributed by atoms with Crippen molar-refractivity contribution in [2.24, 2.45) is 0 Å². The first-order valence-corrected chi connectivity index (χ1v) is 10.5. The Balaban J connectivity index is 1.26. The molecule has 154 valence electrons. The Labute approximate surface area is 178 Å². The van der Waals surface area contributed by atoms with Crippen molar-refractivity contribution in [3.8, 4) is 0 Å². The molecule has 2 aromatic heterocycles. The Morgan fingerprint density at radius 1 is 0.933 bits per heavy atom. The average molecular weight is 423 g/mol. The normalized spacial score (nSPS) is 14.2. The number of aromatic nitrogens is 2. The predicted molar refractivity (Wildman–Crippen MR) is 118 cm³/mol. The van der Waals surface area contributed by atoms with Crippen LogP contribution in [0.4, 0.5) is 21.4 Å². The lowest BCUT2D eigenvalue weighted by molar-refractivity contribution is 0.0935. The number of para-hydroxylation sites is 1. The molecule has 30 heavy (non-hydrogen) atoms. The van der Waals surface area contributed by atoms with Crippen LogP contribution in [-0.4, -0.2) is 41.0 Å². The maximum Gasteiger partial charge on any atom is 0.324 e. The summed E-state index contributed by atoms with van der Waals surface area (Å²) in [5.74, 6) is 0.607. The number of anilines is 3. The summed E-state index contributed by atoms with van der Waals surface area (Å²) in [7, 11) is 0. The zero-order chi connectivity index (χ0) is 20.8. The van der Waals surface area contributed by atoms with E-state index in [0.717, 1.165) is 31.9 Å². The molecule has 8 nitrogen and oxygen atoms in total. The number of hydrogen-bond acceptors (Lipinski definition) is 6. The molecule has 3 N–H and O–H groups in total. The highest BCUT2D eigenvalue weighted by Crippen LogP contribution is 2.23. The monoisotopic (exact) mass is 422 g/mol. The minimum Gasteiger partial charge on any atom is -0.348 e. The predicted octanol–water partition coefficient (Wildman–Crippen LogP) is 3.58. The lowest BCUT2D eigenvalue weighted by Crippen LogP contribution is -2.45. The molecule has 3 aromatic rings. The average Bonchev–Trinajstić information content (AvgIpc) is 3.24. The standard InChI is InChI=1S/C21H22N6O2S/c28-19(24-16-9-13-27(14-10-16)20-22-11-4-12-23-20)17-7-8-18(30-17)26-21(29)25-15-5-2-1-3-6-15/h1-8,11-12,16H,9-10,13-14H2,(H,24,28)(H2,25,26,29). The van der Waals surface area contributed by atoms with E-state index >= 15 is 0 Å². The number of amides is 3. The molecule has 9 heteroatoms. The van der Waals surface area contributed by atoms with Crippen molar-refractivity contribution in [1.82, 2.24) is 15.3 Å². The molecule has 1 aliphatic heterocycles. The van der Waals surface area contributed by atoms with Crippen molar-refractivity contribution >= 4 is 39.9 Å². The van der Waals surface area contributed by atoms with E-state index < -0.39 is 0 Å². The van der Waals surface area contributed by atoms with E-state index in [4.69, 9.17) is 0 Å². The summed E-state index contributed by atoms with van der Waals surface area (Å²) >= 11 is 1.25. The number of carbonyl (C=O) groups excluding carboxylic acids is 2. The maximum atomic E-state index is 12.6. The molecule has 1 fully saturated rings. The van der Waals surface area contributed by atoms with Crippen LogP contribution < -0.4 is 20.9 Å². The van der Waals surface area contributed by atoms with E-state index in [1.54, 1.807) is 30.6 Å². The lowest BCUT2D eigenvalue weighted by Gasteiger charge is -2.32. The molecule has 0 radical (unpaired) electrons. The quantitative estimate of drug-likeness (QED) is 0.584. The minimum absolute atomic E-state index is 0.109. The molecular weight excluding hydrogens is 400 g/mol. The summed E-state index contributed by atoms with van der Waals surface area (Å²) in [5, 5.41) is 9.22. The van der Waals surface area contributed by atoms with Crippen LogP contribution in [0.1, 0.15) is 22.5 Å². The van der Waals surface area contributed by atoms with Gasteiger partial charge in [0, 0.05) is 37.2 Å². The fourth-order valence-electron chi connectivity index (χ4n) is 3.26. The van der Waals surface area contributed by atoms with Gasteiger partial charge in [0.15, 0.2) is 0 Å². The molecule has 0 unspecified atom stereocenters. The number of nitrogens with zero attached hydrogens (tertiary/aromatic N) is 3. The number of piperidine rings is 1. The molecule has 3 heterocycles. The second-order valence-corrected chi connectivity index (χ2v) is 7.98. The third-order valence-corrected chi connectivity index (χ3v) is 5.76. The molecule has 0 spiro atoms. The van der Waals surface area contributed by atoms with E-state index in [0.29, 0.717) is 15.6 Å². The number of nitrogens with one attached hydrogen (secondary N) is 3. The van der Waals surface area contributed by atoms with Gasteiger partial charge in [-0.2, -0.15) is 0 Å². The molecule has 0 aliphatic carbocycles. The third-order valence-electron chi connectivity index (χ3n) is 4.76. The van der Waals surface area contributed by atoms with Gasteiger partial charge in [0.1, 0.15) is 0 Å². The number of urea groups is 1. The van der Waals surface area contributed by atoms with Gasteiger partial charge >= 0.3 is 6.03 Å². The Morgan fingerprint density at radius 2 is 1.67 bits per heavy atom. The van der Waals surface area contributed by atoms with E-state index in [9.17, 15) is 9.59 Å². The first-order valence-electron chi connectivity index (χ1n) is 9.73. The number of carbonyl (C=O) groups is 2. The molecule has 0 atom stereocenters. The fourth-order valence-corrected chi connectivity index (χ4v) is 4.06. The van der Waals surface area contributed by atoms with E-state index in [-0.39, 0.29) is 18.0 Å². The smallest absolute Gasteiger partial charge is 0.324 e. The van der Waals surface area contributed by atoms with Crippen molar-refractivity contribution in [1.29, 1.82) is 0 Å². The summed E-state index contributed by atoms with van der Waals surface area (Å²) in [6, 6.07) is 14.2. The summed E-state index contributed by atoms with van der Waals surface area (Å²) in [6.07, 6.45) is 5.14. The summed E-state index contributed by atoms with van der Waals surface area (Å²) in [5.41, 5.74) is 0.705. The molecule has 3 amide bonds. The SMILES string of the molecule is O=C(Nc1ccccc1)Nc1ccc(C(=O)NC2CCN(c3ncccn3)CC2)s1. The number of hydrogen-bond donors (Lipinski definition) is 3. The van der Waals surface area contributed by atoms with E-state index in [1.807, 2.05) is 30.3 Å². The number of rotatable bonds is 5. The summed E-state index contributed by atoms with van der Waals surface area (Å²) in [6.45, 7) is 1.59. The van der Waals surface area contributed by atoms with Gasteiger partial charge in [-0.1, -0.05) is 18.2 Å². The first kappa shape index (κ1) is 19.8. The molecular formula is C21H22N6O2S. The Bertz CT molecular complexity index is 987. The van der Waals surface area contributed by atoms with Crippen LogP contribution >= 0.6 is 11.3 Å². The van der Waals surface area contributed by atoms with Crippen molar-refractivity contribution < 1.29 is 9.59 Å². The van der Waals surface area contributed by atoms with Gasteiger partial charge in [0.2, 0.25) is 5.95 Å². The highest BCUT2D eigenvalue weighted by molar-refractivity contribution is 7.18. The summed E-state index contributed by atoms with van der Waals surface area (Å²) in [4.78, 5) is 35.9. The second-order valence-electron chi connectivity index (χ2n) is 6.89. The van der Waals surface area contributed by atoms with Crippen molar-refractivity contribution in [3.63, 3.8) is 0 Å². The molecule has 1 aliphatic rings. The van der Waals surface area contributed by atoms with Gasteiger partial charge in [-0.3, -0.25) is 10.1 Å². The second kappa shape index (κ2) is 9.36. The van der Waals surface area contributed by atoms with Crippen LogP contribution in [0.5, 0.6) is 0 Å². The Morgan fingerprint density at radius 3 is 2.40 bits per heavy atom. The maximum absolute atomic E-state index is 12.6. The van der Waals surface area contributed by atoms with Crippen LogP contribution in [0.2, 0.25) is 0 Å². The molecule has 4 rings (SSSR count). The van der Waals surface area contributed by atoms with Crippen molar-refractivity contribution in [2.45, 2.75) is 18.9 Å². The van der Waals surface area contributed by atoms with Crippen molar-refractivity contribution in [3.05, 3.63) is 65.8 Å². The van der Waals surface area contributed by atoms with Crippen LogP contribution in [0.3, 0.4) is 0 Å². The zero-order valence-electron chi connectivity index (χ0n) is 16.2. The van der Waals surface area contributed by atoms with E-state index in [2.05, 4.69) is 30.8 Å². The van der Waals surface area contributed by atoms with Crippen LogP contribution in [0.15, 0.2) is 60.9 Å². The van der Waals surface area contributed by atoms with Gasteiger partial charge < -0.3 is 15.5 Å². The van der Waals surface area contributed by atoms with Gasteiger partial charge in [0.05, 0.1) is 9.88 Å². The zero-order valence-corrected chi connectivity index (χ0v) is 17.1. The molecule has 0 saturated carbocycles. The molecule has 1 aromatic carbocycles. The van der Waals surface area contributed by atoms with Gasteiger partial charge in [-0.05, 0) is 43.2 Å². The first-order chi connectivity index (χ1) is 14.7. The van der Waals surface area contributed by atoms with Crippen molar-refractivity contribution in [2.75, 3.05) is 28.6 Å². The summed E-state index contributed by atoms with van der Waals surface area (Å²) < 4.78 is 0. The third kappa shape index (κ3) is 5.12. The van der Waals surface area contributed by atoms with E-state index in [1.165, 1.54) is 11.3 Å². The van der Waals surface area contributed by atoms with Crippen LogP contribution in [0, 0.1) is 0 Å². The minimum atomic E-state index is -0.342. The highest BCUT2D eigenvalue weighted by Gasteiger charge is 2.23. The van der Waals surface area contributed by atoms with Gasteiger partial charge in [0.25, 0.3) is 5.91 Å². The van der Waals surface area contributed by atoms with Crippen LogP contribution in [0.25, 0.3) is 0 Å². The largest absolute Gasteiger partial charge is 0.348 e. The lowest BCUT2D eigenvalue weighted by atomic mass is 10.1. The van der Waals surface area contributed by atoms with Gasteiger partial charge in [-0.25, -0.2) is 14.8 Å². The van der Waals surface area contributed by atoms with Gasteiger partial charge in [-0.15, -0.1) is 11.3 Å².